The molecule has 1 unspecified atom stereocenters. The van der Waals surface area contributed by atoms with Crippen LogP contribution in [0.25, 0.3) is 0 Å². The third-order valence-corrected chi connectivity index (χ3v) is 2.85. The number of carbonyl (C=O) groups is 2. The van der Waals surface area contributed by atoms with E-state index in [9.17, 15) is 9.59 Å². The van der Waals surface area contributed by atoms with Crippen LogP contribution in [0.15, 0.2) is 22.7 Å². The van der Waals surface area contributed by atoms with E-state index in [-0.39, 0.29) is 11.8 Å². The molecular formula is C13H17BrN2O2. The Bertz CT molecular complexity index is 440. The molecule has 0 aliphatic carbocycles. The zero-order chi connectivity index (χ0) is 13.7. The highest BCUT2D eigenvalue weighted by atomic mass is 79.9. The van der Waals surface area contributed by atoms with Crippen molar-refractivity contribution in [3.63, 3.8) is 0 Å². The van der Waals surface area contributed by atoms with Crippen LogP contribution in [0.4, 0.5) is 0 Å². The number of hydrogen-bond acceptors (Lipinski definition) is 2. The van der Waals surface area contributed by atoms with Gasteiger partial charge in [0.05, 0.1) is 0 Å². The highest BCUT2D eigenvalue weighted by molar-refractivity contribution is 9.10. The molecule has 98 valence electrons. The zero-order valence-corrected chi connectivity index (χ0v) is 12.3. The van der Waals surface area contributed by atoms with Gasteiger partial charge < -0.3 is 10.6 Å². The number of nitrogens with one attached hydrogen (secondary N) is 2. The fourth-order valence-electron chi connectivity index (χ4n) is 1.54. The normalized spacial score (nSPS) is 11.8. The maximum atomic E-state index is 12.0. The lowest BCUT2D eigenvalue weighted by molar-refractivity contribution is -0.122. The minimum Gasteiger partial charge on any atom is -0.355 e. The molecule has 0 aliphatic heterocycles. The van der Waals surface area contributed by atoms with Gasteiger partial charge in [0.1, 0.15) is 6.04 Å². The second kappa shape index (κ2) is 6.54. The summed E-state index contributed by atoms with van der Waals surface area (Å²) in [6.07, 6.45) is 0. The molecule has 2 amide bonds. The molecule has 2 N–H and O–H groups in total. The molecule has 0 aromatic heterocycles. The molecule has 0 saturated carbocycles. The van der Waals surface area contributed by atoms with Gasteiger partial charge in [0, 0.05) is 16.6 Å². The average molecular weight is 313 g/mol. The molecule has 1 aromatic rings. The van der Waals surface area contributed by atoms with Gasteiger partial charge in [-0.05, 0) is 44.5 Å². The van der Waals surface area contributed by atoms with Gasteiger partial charge in [-0.1, -0.05) is 15.9 Å². The number of halogens is 1. The quantitative estimate of drug-likeness (QED) is 0.893. The largest absolute Gasteiger partial charge is 0.355 e. The first-order valence-electron chi connectivity index (χ1n) is 5.79. The molecule has 18 heavy (non-hydrogen) atoms. The molecule has 1 atom stereocenters. The fourth-order valence-corrected chi connectivity index (χ4v) is 2.15. The monoisotopic (exact) mass is 312 g/mol. The van der Waals surface area contributed by atoms with Crippen molar-refractivity contribution in [3.8, 4) is 0 Å². The van der Waals surface area contributed by atoms with Crippen LogP contribution in [0.3, 0.4) is 0 Å². The van der Waals surface area contributed by atoms with Gasteiger partial charge in [-0.25, -0.2) is 0 Å². The predicted octanol–water partition coefficient (Wildman–Crippen LogP) is 2.01. The second-order valence-corrected chi connectivity index (χ2v) is 5.02. The van der Waals surface area contributed by atoms with Gasteiger partial charge in [-0.15, -0.1) is 0 Å². The first-order valence-corrected chi connectivity index (χ1v) is 6.59. The summed E-state index contributed by atoms with van der Waals surface area (Å²) in [6.45, 7) is 5.96. The van der Waals surface area contributed by atoms with Gasteiger partial charge in [-0.2, -0.15) is 0 Å². The van der Waals surface area contributed by atoms with Crippen molar-refractivity contribution in [2.45, 2.75) is 26.8 Å². The standard InChI is InChI=1S/C13H17BrN2O2/c1-4-15-12(17)9(3)16-13(18)10-5-8(2)6-11(14)7-10/h5-7,9H,4H2,1-3H3,(H,15,17)(H,16,18). The van der Waals surface area contributed by atoms with Gasteiger partial charge in [0.2, 0.25) is 5.91 Å². The van der Waals surface area contributed by atoms with Crippen molar-refractivity contribution >= 4 is 27.7 Å². The van der Waals surface area contributed by atoms with E-state index in [4.69, 9.17) is 0 Å². The summed E-state index contributed by atoms with van der Waals surface area (Å²) >= 11 is 3.34. The van der Waals surface area contributed by atoms with E-state index in [1.165, 1.54) is 0 Å². The number of benzene rings is 1. The van der Waals surface area contributed by atoms with Crippen molar-refractivity contribution in [1.82, 2.24) is 10.6 Å². The van der Waals surface area contributed by atoms with Crippen LogP contribution in [0, 0.1) is 6.92 Å². The van der Waals surface area contributed by atoms with Crippen LogP contribution in [-0.4, -0.2) is 24.4 Å². The summed E-state index contributed by atoms with van der Waals surface area (Å²) in [7, 11) is 0. The molecule has 1 rings (SSSR count). The van der Waals surface area contributed by atoms with Crippen molar-refractivity contribution in [3.05, 3.63) is 33.8 Å². The smallest absolute Gasteiger partial charge is 0.251 e. The number of likely N-dealkylation sites (N-methyl/N-ethyl adjacent to an activating group) is 1. The minimum atomic E-state index is -0.545. The summed E-state index contributed by atoms with van der Waals surface area (Å²) in [6, 6.07) is 4.89. The predicted molar refractivity (Wildman–Crippen MR) is 74.5 cm³/mol. The maximum absolute atomic E-state index is 12.0. The Labute approximate surface area is 115 Å². The molecule has 0 spiro atoms. The van der Waals surface area contributed by atoms with Crippen molar-refractivity contribution in [2.75, 3.05) is 6.54 Å². The van der Waals surface area contributed by atoms with E-state index in [1.54, 1.807) is 19.1 Å². The van der Waals surface area contributed by atoms with Crippen LogP contribution in [-0.2, 0) is 4.79 Å². The molecular weight excluding hydrogens is 296 g/mol. The first kappa shape index (κ1) is 14.7. The minimum absolute atomic E-state index is 0.183. The second-order valence-electron chi connectivity index (χ2n) is 4.11. The van der Waals surface area contributed by atoms with Crippen LogP contribution in [0.2, 0.25) is 0 Å². The lowest BCUT2D eigenvalue weighted by Gasteiger charge is -2.13. The number of carbonyl (C=O) groups excluding carboxylic acids is 2. The number of hydrogen-bond donors (Lipinski definition) is 2. The number of rotatable bonds is 4. The molecule has 0 radical (unpaired) electrons. The van der Waals surface area contributed by atoms with Crippen LogP contribution < -0.4 is 10.6 Å². The molecule has 1 aromatic carbocycles. The summed E-state index contributed by atoms with van der Waals surface area (Å²) in [4.78, 5) is 23.5. The maximum Gasteiger partial charge on any atom is 0.251 e. The fraction of sp³-hybridized carbons (Fsp3) is 0.385. The first-order chi connectivity index (χ1) is 8.43. The van der Waals surface area contributed by atoms with Crippen molar-refractivity contribution < 1.29 is 9.59 Å². The summed E-state index contributed by atoms with van der Waals surface area (Å²) in [5.74, 6) is -0.435. The van der Waals surface area contributed by atoms with E-state index in [2.05, 4.69) is 26.6 Å². The summed E-state index contributed by atoms with van der Waals surface area (Å²) < 4.78 is 0.846. The summed E-state index contributed by atoms with van der Waals surface area (Å²) in [5, 5.41) is 5.33. The third-order valence-electron chi connectivity index (χ3n) is 2.40. The summed E-state index contributed by atoms with van der Waals surface area (Å²) in [5.41, 5.74) is 1.53. The molecule has 4 nitrogen and oxygen atoms in total. The molecule has 0 heterocycles. The average Bonchev–Trinajstić information content (AvgIpc) is 2.27. The van der Waals surface area contributed by atoms with E-state index in [0.29, 0.717) is 12.1 Å². The Morgan fingerprint density at radius 2 is 2.00 bits per heavy atom. The molecule has 5 heteroatoms. The highest BCUT2D eigenvalue weighted by Crippen LogP contribution is 2.15. The highest BCUT2D eigenvalue weighted by Gasteiger charge is 2.16. The SMILES string of the molecule is CCNC(=O)C(C)NC(=O)c1cc(C)cc(Br)c1. The lowest BCUT2D eigenvalue weighted by atomic mass is 10.1. The Hall–Kier alpha value is -1.36. The van der Waals surface area contributed by atoms with Crippen LogP contribution in [0.1, 0.15) is 29.8 Å². The Kier molecular flexibility index (Phi) is 5.34. The van der Waals surface area contributed by atoms with Crippen LogP contribution >= 0.6 is 15.9 Å². The van der Waals surface area contributed by atoms with Crippen LogP contribution in [0.5, 0.6) is 0 Å². The zero-order valence-electron chi connectivity index (χ0n) is 10.7. The van der Waals surface area contributed by atoms with Gasteiger partial charge >= 0.3 is 0 Å². The lowest BCUT2D eigenvalue weighted by Crippen LogP contribution is -2.44. The molecule has 0 aliphatic rings. The van der Waals surface area contributed by atoms with E-state index in [1.807, 2.05) is 19.9 Å². The third kappa shape index (κ3) is 4.14. The molecule has 0 fully saturated rings. The van der Waals surface area contributed by atoms with Gasteiger partial charge in [-0.3, -0.25) is 9.59 Å². The molecule has 0 bridgehead atoms. The van der Waals surface area contributed by atoms with Gasteiger partial charge in [0.15, 0.2) is 0 Å². The Morgan fingerprint density at radius 3 is 2.56 bits per heavy atom. The van der Waals surface area contributed by atoms with E-state index < -0.39 is 6.04 Å². The topological polar surface area (TPSA) is 58.2 Å². The van der Waals surface area contributed by atoms with E-state index >= 15 is 0 Å². The van der Waals surface area contributed by atoms with Gasteiger partial charge in [0.25, 0.3) is 5.91 Å². The Morgan fingerprint density at radius 1 is 1.33 bits per heavy atom. The van der Waals surface area contributed by atoms with Crippen molar-refractivity contribution in [2.24, 2.45) is 0 Å². The number of amides is 2. The molecule has 0 saturated heterocycles. The number of aryl methyl sites for hydroxylation is 1. The van der Waals surface area contributed by atoms with E-state index in [0.717, 1.165) is 10.0 Å². The van der Waals surface area contributed by atoms with Crippen molar-refractivity contribution in [1.29, 1.82) is 0 Å². The Balaban J connectivity index is 2.73.